The average Bonchev–Trinajstić information content (AvgIpc) is 2.73. The highest BCUT2D eigenvalue weighted by Crippen LogP contribution is 2.23. The van der Waals surface area contributed by atoms with Gasteiger partial charge in [0.25, 0.3) is 0 Å². The van der Waals surface area contributed by atoms with Crippen LogP contribution in [-0.4, -0.2) is 54.5 Å². The van der Waals surface area contributed by atoms with E-state index in [1.54, 1.807) is 0 Å². The summed E-state index contributed by atoms with van der Waals surface area (Å²) < 4.78 is 36.8. The molecule has 19 heavy (non-hydrogen) atoms. The molecule has 1 unspecified atom stereocenters. The summed E-state index contributed by atoms with van der Waals surface area (Å²) in [6.45, 7) is 1.12. The highest BCUT2D eigenvalue weighted by atomic mass is 19.4. The van der Waals surface area contributed by atoms with Gasteiger partial charge in [-0.25, -0.2) is 0 Å². The smallest absolute Gasteiger partial charge is 0.393 e. The lowest BCUT2D eigenvalue weighted by molar-refractivity contribution is -0.143. The van der Waals surface area contributed by atoms with Crippen LogP contribution in [0.5, 0.6) is 0 Å². The number of halogens is 3. The maximum atomic E-state index is 12.3. The molecule has 0 bridgehead atoms. The molecule has 0 radical (unpaired) electrons. The highest BCUT2D eigenvalue weighted by molar-refractivity contribution is 4.82. The number of alkyl halides is 3. The Bertz CT molecular complexity index is 278. The summed E-state index contributed by atoms with van der Waals surface area (Å²) in [4.78, 5) is 1.50. The maximum absolute atomic E-state index is 12.3. The lowest BCUT2D eigenvalue weighted by Crippen LogP contribution is -2.38. The molecular formula is C13H23F3N2O. The van der Waals surface area contributed by atoms with E-state index in [2.05, 4.69) is 5.32 Å². The van der Waals surface area contributed by atoms with Crippen molar-refractivity contribution in [1.29, 1.82) is 0 Å². The molecule has 2 fully saturated rings. The van der Waals surface area contributed by atoms with Crippen molar-refractivity contribution < 1.29 is 18.3 Å². The summed E-state index contributed by atoms with van der Waals surface area (Å²) in [6.07, 6.45) is 0.220. The van der Waals surface area contributed by atoms with Crippen molar-refractivity contribution in [3.05, 3.63) is 0 Å². The van der Waals surface area contributed by atoms with E-state index in [0.717, 1.165) is 38.6 Å². The van der Waals surface area contributed by atoms with Gasteiger partial charge in [0.15, 0.2) is 0 Å². The Labute approximate surface area is 112 Å². The van der Waals surface area contributed by atoms with Gasteiger partial charge in [-0.2, -0.15) is 13.2 Å². The number of rotatable bonds is 4. The van der Waals surface area contributed by atoms with Crippen LogP contribution in [0.2, 0.25) is 0 Å². The van der Waals surface area contributed by atoms with Gasteiger partial charge in [-0.1, -0.05) is 0 Å². The topological polar surface area (TPSA) is 35.5 Å². The van der Waals surface area contributed by atoms with Crippen LogP contribution < -0.4 is 5.32 Å². The second kappa shape index (κ2) is 6.41. The van der Waals surface area contributed by atoms with Crippen molar-refractivity contribution in [2.45, 2.75) is 50.4 Å². The lowest BCUT2D eigenvalue weighted by Gasteiger charge is -2.27. The zero-order valence-corrected chi connectivity index (χ0v) is 11.1. The van der Waals surface area contributed by atoms with Gasteiger partial charge in [0.2, 0.25) is 0 Å². The zero-order valence-electron chi connectivity index (χ0n) is 11.1. The molecule has 1 aliphatic heterocycles. The van der Waals surface area contributed by atoms with Crippen LogP contribution in [0.25, 0.3) is 0 Å². The van der Waals surface area contributed by atoms with Crippen LogP contribution in [0.3, 0.4) is 0 Å². The summed E-state index contributed by atoms with van der Waals surface area (Å²) >= 11 is 0. The van der Waals surface area contributed by atoms with Gasteiger partial charge in [0.1, 0.15) is 0 Å². The molecule has 112 valence electrons. The minimum atomic E-state index is -4.08. The third kappa shape index (κ3) is 5.28. The number of hydrogen-bond acceptors (Lipinski definition) is 3. The minimum absolute atomic E-state index is 0.160. The van der Waals surface area contributed by atoms with Crippen molar-refractivity contribution in [3.63, 3.8) is 0 Å². The third-order valence-corrected chi connectivity index (χ3v) is 4.16. The normalized spacial score (nSPS) is 33.8. The first-order valence-electron chi connectivity index (χ1n) is 7.13. The molecule has 0 spiro atoms. The summed E-state index contributed by atoms with van der Waals surface area (Å²) in [5.74, 6) is 0.328. The number of likely N-dealkylation sites (tertiary alicyclic amines) is 1. The monoisotopic (exact) mass is 280 g/mol. The predicted molar refractivity (Wildman–Crippen MR) is 66.9 cm³/mol. The minimum Gasteiger partial charge on any atom is -0.393 e. The summed E-state index contributed by atoms with van der Waals surface area (Å²) in [5.41, 5.74) is 0. The highest BCUT2D eigenvalue weighted by Gasteiger charge is 2.34. The molecule has 1 aliphatic carbocycles. The van der Waals surface area contributed by atoms with E-state index in [0.29, 0.717) is 25.0 Å². The molecular weight excluding hydrogens is 257 g/mol. The average molecular weight is 280 g/mol. The molecule has 0 amide bonds. The van der Waals surface area contributed by atoms with Crippen LogP contribution in [0, 0.1) is 5.92 Å². The Morgan fingerprint density at radius 1 is 1.11 bits per heavy atom. The number of nitrogens with one attached hydrogen (secondary N) is 1. The molecule has 1 heterocycles. The van der Waals surface area contributed by atoms with E-state index in [4.69, 9.17) is 0 Å². The van der Waals surface area contributed by atoms with Crippen LogP contribution in [0.15, 0.2) is 0 Å². The Kier molecular flexibility index (Phi) is 5.09. The fraction of sp³-hybridized carbons (Fsp3) is 1.00. The van der Waals surface area contributed by atoms with Crippen LogP contribution in [0.4, 0.5) is 13.2 Å². The molecule has 2 N–H and O–H groups in total. The molecule has 6 heteroatoms. The van der Waals surface area contributed by atoms with Crippen molar-refractivity contribution in [2.24, 2.45) is 5.92 Å². The molecule has 2 aliphatic rings. The molecule has 2 rings (SSSR count). The molecule has 0 aromatic carbocycles. The van der Waals surface area contributed by atoms with Crippen molar-refractivity contribution >= 4 is 0 Å². The second-order valence-electron chi connectivity index (χ2n) is 5.92. The fourth-order valence-electron chi connectivity index (χ4n) is 3.09. The first-order chi connectivity index (χ1) is 8.92. The van der Waals surface area contributed by atoms with Crippen LogP contribution >= 0.6 is 0 Å². The molecule has 3 nitrogen and oxygen atoms in total. The van der Waals surface area contributed by atoms with Gasteiger partial charge < -0.3 is 10.4 Å². The molecule has 1 atom stereocenters. The van der Waals surface area contributed by atoms with E-state index in [9.17, 15) is 18.3 Å². The largest absolute Gasteiger partial charge is 0.401 e. The van der Waals surface area contributed by atoms with Crippen molar-refractivity contribution in [3.8, 4) is 0 Å². The fourth-order valence-corrected chi connectivity index (χ4v) is 3.09. The molecule has 1 saturated carbocycles. The summed E-state index contributed by atoms with van der Waals surface area (Å²) in [6, 6.07) is 0.431. The Hall–Kier alpha value is -0.330. The zero-order chi connectivity index (χ0) is 13.9. The standard InChI is InChI=1S/C13H23F3N2O/c14-13(15,16)9-18-6-5-10(8-18)7-17-11-1-3-12(19)4-2-11/h10-12,17,19H,1-9H2. The van der Waals surface area contributed by atoms with Gasteiger partial charge in [0.05, 0.1) is 12.6 Å². The quantitative estimate of drug-likeness (QED) is 0.824. The van der Waals surface area contributed by atoms with Crippen molar-refractivity contribution in [2.75, 3.05) is 26.2 Å². The van der Waals surface area contributed by atoms with Gasteiger partial charge in [0, 0.05) is 12.6 Å². The molecule has 0 aromatic rings. The Morgan fingerprint density at radius 3 is 2.42 bits per heavy atom. The third-order valence-electron chi connectivity index (χ3n) is 4.16. The van der Waals surface area contributed by atoms with E-state index in [-0.39, 0.29) is 6.10 Å². The van der Waals surface area contributed by atoms with E-state index in [1.165, 1.54) is 4.90 Å². The Balaban J connectivity index is 1.62. The number of nitrogens with zero attached hydrogens (tertiary/aromatic N) is 1. The van der Waals surface area contributed by atoms with Crippen LogP contribution in [-0.2, 0) is 0 Å². The van der Waals surface area contributed by atoms with E-state index >= 15 is 0 Å². The number of hydrogen-bond donors (Lipinski definition) is 2. The maximum Gasteiger partial charge on any atom is 0.401 e. The number of aliphatic hydroxyl groups excluding tert-OH is 1. The molecule has 1 saturated heterocycles. The summed E-state index contributed by atoms with van der Waals surface area (Å²) in [5, 5.41) is 12.9. The van der Waals surface area contributed by atoms with Gasteiger partial charge in [-0.3, -0.25) is 4.90 Å². The molecule has 0 aromatic heterocycles. The van der Waals surface area contributed by atoms with E-state index in [1.807, 2.05) is 0 Å². The number of aliphatic hydroxyl groups is 1. The van der Waals surface area contributed by atoms with Crippen molar-refractivity contribution in [1.82, 2.24) is 10.2 Å². The SMILES string of the molecule is OC1CCC(NCC2CCN(CC(F)(F)F)C2)CC1. The first kappa shape index (κ1) is 15.1. The Morgan fingerprint density at radius 2 is 1.79 bits per heavy atom. The second-order valence-corrected chi connectivity index (χ2v) is 5.92. The lowest BCUT2D eigenvalue weighted by atomic mass is 9.93. The summed E-state index contributed by atoms with van der Waals surface area (Å²) in [7, 11) is 0. The van der Waals surface area contributed by atoms with Gasteiger partial charge >= 0.3 is 6.18 Å². The predicted octanol–water partition coefficient (Wildman–Crippen LogP) is 1.76. The van der Waals surface area contributed by atoms with Crippen LogP contribution in [0.1, 0.15) is 32.1 Å². The van der Waals surface area contributed by atoms with Gasteiger partial charge in [-0.15, -0.1) is 0 Å². The first-order valence-corrected chi connectivity index (χ1v) is 7.13. The van der Waals surface area contributed by atoms with Gasteiger partial charge in [-0.05, 0) is 51.1 Å². The van der Waals surface area contributed by atoms with E-state index < -0.39 is 12.7 Å².